The second-order valence-corrected chi connectivity index (χ2v) is 30.1. The number of carbonyl (C=O) groups excluding carboxylic acids is 13. The molecule has 2 aromatic heterocycles. The third-order valence-corrected chi connectivity index (χ3v) is 19.5. The number of para-hydroxylation sites is 1. The van der Waals surface area contributed by atoms with Gasteiger partial charge in [0.25, 0.3) is 5.91 Å². The van der Waals surface area contributed by atoms with Gasteiger partial charge in [0.1, 0.15) is 48.3 Å². The number of imidazole rings is 1. The van der Waals surface area contributed by atoms with E-state index in [1.807, 2.05) is 20.1 Å². The Morgan fingerprint density at radius 1 is 0.496 bits per heavy atom. The lowest BCUT2D eigenvalue weighted by Gasteiger charge is -2.32. The molecule has 0 aliphatic carbocycles. The van der Waals surface area contributed by atoms with Crippen LogP contribution in [-0.2, 0) is 91.2 Å². The molecule has 6 rings (SSSR count). The van der Waals surface area contributed by atoms with Crippen LogP contribution in [0.2, 0.25) is 0 Å². The molecule has 3 heterocycles. The number of nitrogens with zero attached hydrogens (tertiary/aromatic N) is 5. The first kappa shape index (κ1) is 94.0. The van der Waals surface area contributed by atoms with Gasteiger partial charge in [-0.05, 0) is 91.5 Å². The first-order valence-electron chi connectivity index (χ1n) is 38.2. The van der Waals surface area contributed by atoms with Gasteiger partial charge >= 0.3 is 17.9 Å². The van der Waals surface area contributed by atoms with Crippen molar-refractivity contribution < 1.29 is 92.0 Å². The minimum absolute atomic E-state index is 0.00804. The Hall–Kier alpha value is -11.9. The summed E-state index contributed by atoms with van der Waals surface area (Å²) < 4.78 is 0. The fourth-order valence-electron chi connectivity index (χ4n) is 12.6. The van der Waals surface area contributed by atoms with Gasteiger partial charge in [0.2, 0.25) is 70.9 Å². The van der Waals surface area contributed by atoms with Crippen molar-refractivity contribution in [3.05, 3.63) is 120 Å². The normalized spacial score (nSPS) is 15.3. The van der Waals surface area contributed by atoms with E-state index in [0.717, 1.165) is 0 Å². The number of anilines is 1. The molecule has 13 amide bonds. The Balaban J connectivity index is 1.11. The molecule has 1 saturated heterocycles. The highest BCUT2D eigenvalue weighted by Gasteiger charge is 2.36. The van der Waals surface area contributed by atoms with Crippen molar-refractivity contribution in [2.75, 3.05) is 109 Å². The number of carboxylic acid groups (broad SMARTS) is 3. The number of H-pyrrole nitrogens is 2. The van der Waals surface area contributed by atoms with Crippen LogP contribution in [0.4, 0.5) is 5.69 Å². The number of primary amides is 2. The number of nitrogens with two attached hydrogens (primary N) is 2. The maximum absolute atomic E-state index is 14.8. The van der Waals surface area contributed by atoms with Crippen molar-refractivity contribution in [1.29, 1.82) is 0 Å². The highest BCUT2D eigenvalue weighted by molar-refractivity contribution is 7.98. The van der Waals surface area contributed by atoms with Gasteiger partial charge in [-0.1, -0.05) is 76.2 Å². The Labute approximate surface area is 679 Å². The Morgan fingerprint density at radius 2 is 1.01 bits per heavy atom. The number of carbonyl (C=O) groups is 16. The summed E-state index contributed by atoms with van der Waals surface area (Å²) in [7, 11) is 0. The smallest absolute Gasteiger partial charge is 0.317 e. The van der Waals surface area contributed by atoms with Crippen LogP contribution in [0, 0.1) is 11.8 Å². The number of aromatic amines is 2. The van der Waals surface area contributed by atoms with Crippen LogP contribution < -0.4 is 70.0 Å². The molecule has 1 aliphatic rings. The average molecular weight is 1650 g/mol. The molecule has 5 aromatic rings. The number of nitrogens with one attached hydrogen (secondary N) is 13. The zero-order chi connectivity index (χ0) is 85.8. The highest BCUT2D eigenvalue weighted by atomic mass is 32.2. The van der Waals surface area contributed by atoms with Gasteiger partial charge < -0.3 is 95.2 Å². The van der Waals surface area contributed by atoms with Crippen LogP contribution in [0.1, 0.15) is 87.5 Å². The second-order valence-electron chi connectivity index (χ2n) is 29.1. The van der Waals surface area contributed by atoms with E-state index in [9.17, 15) is 92.0 Å². The summed E-state index contributed by atoms with van der Waals surface area (Å²) in [6, 6.07) is 10.3. The third-order valence-electron chi connectivity index (χ3n) is 18.9. The lowest BCUT2D eigenvalue weighted by molar-refractivity contribution is -0.140. The number of carboxylic acids is 3. The van der Waals surface area contributed by atoms with E-state index in [2.05, 4.69) is 73.4 Å². The summed E-state index contributed by atoms with van der Waals surface area (Å²) in [6.07, 6.45) is 5.32. The van der Waals surface area contributed by atoms with E-state index in [1.54, 1.807) is 94.2 Å². The van der Waals surface area contributed by atoms with Crippen molar-refractivity contribution in [3.8, 4) is 0 Å². The largest absolute Gasteiger partial charge is 0.480 e. The van der Waals surface area contributed by atoms with Gasteiger partial charge in [0, 0.05) is 113 Å². The lowest BCUT2D eigenvalue weighted by atomic mass is 10.0. The van der Waals surface area contributed by atoms with Gasteiger partial charge in [-0.15, -0.1) is 0 Å². The molecular formula is C77H108N20O19S. The van der Waals surface area contributed by atoms with Gasteiger partial charge in [0.15, 0.2) is 0 Å². The molecule has 3 aromatic carbocycles. The lowest BCUT2D eigenvalue weighted by Crippen LogP contribution is -2.60. The summed E-state index contributed by atoms with van der Waals surface area (Å²) in [5.74, 6) is -14.0. The Morgan fingerprint density at radius 3 is 1.56 bits per heavy atom. The third kappa shape index (κ3) is 33.5. The van der Waals surface area contributed by atoms with E-state index in [4.69, 9.17) is 11.5 Å². The summed E-state index contributed by atoms with van der Waals surface area (Å²) in [6.45, 7) is 6.96. The monoisotopic (exact) mass is 1650 g/mol. The van der Waals surface area contributed by atoms with Crippen molar-refractivity contribution in [2.45, 2.75) is 128 Å². The van der Waals surface area contributed by atoms with Gasteiger partial charge in [-0.3, -0.25) is 96.3 Å². The molecule has 8 atom stereocenters. The standard InChI is InChI=1S/C77H108N20O19S/c1-45(2)32-57(74(113)88-55(69(79)108)22-31-117-6)91-76(115)60(35-52-37-80-44-84-52)87-63(100)39-83-77(116)68(46(3)4)93-70(109)47(5)85-73(112)59(34-50-36-81-54-15-11-10-14-53(50)54)92-72(111)56(20-21-61(78)98)89-75(114)58(33-48-12-8-7-9-13-48)90-71(110)49-16-18-51(19-17-49)86-62(99)38-82-64(101)40-94-23-25-95(41-65(102)103)27-29-97(43-67(106)107)30-28-96(26-24-94)42-66(104)105/h7-19,36-37,44-47,55-60,68,81H,20-35,38-43H2,1-6H3,(H2,78,98)(H2,79,108)(H,80,84)(H,82,101)(H,83,116)(H,85,112)(H,86,99)(H,87,100)(H,88,113)(H,89,114)(H,90,110)(H,91,115)(H,92,111)(H,93,109)(H,102,103)(H,104,105)(H,106,107)/t47?,55-,56?,57?,58?,59-,60-,68-/m0/s1. The number of aliphatic carboxylic acids is 3. The van der Waals surface area contributed by atoms with E-state index in [1.165, 1.54) is 55.5 Å². The molecule has 0 bridgehead atoms. The summed E-state index contributed by atoms with van der Waals surface area (Å²) >= 11 is 1.45. The molecule has 1 aliphatic heterocycles. The van der Waals surface area contributed by atoms with Crippen LogP contribution in [0.5, 0.6) is 0 Å². The van der Waals surface area contributed by atoms with E-state index in [0.29, 0.717) is 33.5 Å². The fraction of sp³-hybridized carbons (Fsp3) is 0.494. The molecule has 4 unspecified atom stereocenters. The molecule has 0 saturated carbocycles. The van der Waals surface area contributed by atoms with Crippen LogP contribution in [0.25, 0.3) is 10.9 Å². The number of rotatable bonds is 45. The minimum atomic E-state index is -1.60. The van der Waals surface area contributed by atoms with Gasteiger partial charge in [0.05, 0.1) is 51.3 Å². The molecule has 20 N–H and O–H groups in total. The summed E-state index contributed by atoms with van der Waals surface area (Å²) in [5, 5.41) is 58.1. The van der Waals surface area contributed by atoms with Crippen molar-refractivity contribution >= 4 is 123 Å². The van der Waals surface area contributed by atoms with E-state index < -0.39 is 175 Å². The number of hydrogen-bond donors (Lipinski definition) is 18. The van der Waals surface area contributed by atoms with Crippen LogP contribution in [0.15, 0.2) is 97.6 Å². The topological polar surface area (TPSA) is 576 Å². The number of fused-ring (bicyclic) bond motifs is 1. The fourth-order valence-corrected chi connectivity index (χ4v) is 13.0. The maximum Gasteiger partial charge on any atom is 0.317 e. The molecule has 39 nitrogen and oxygen atoms in total. The number of hydrogen-bond acceptors (Lipinski definition) is 22. The molecule has 40 heteroatoms. The van der Waals surface area contributed by atoms with Crippen molar-refractivity contribution in [1.82, 2.24) is 87.7 Å². The van der Waals surface area contributed by atoms with Gasteiger partial charge in [-0.2, -0.15) is 11.8 Å². The van der Waals surface area contributed by atoms with Crippen LogP contribution in [-0.4, -0.2) is 297 Å². The maximum atomic E-state index is 14.8. The number of aromatic nitrogens is 3. The minimum Gasteiger partial charge on any atom is -0.480 e. The quantitative estimate of drug-likeness (QED) is 0.0184. The van der Waals surface area contributed by atoms with Crippen LogP contribution in [0.3, 0.4) is 0 Å². The molecular weight excluding hydrogens is 1540 g/mol. The predicted molar refractivity (Wildman–Crippen MR) is 430 cm³/mol. The zero-order valence-corrected chi connectivity index (χ0v) is 67.1. The molecule has 0 spiro atoms. The number of benzene rings is 3. The Bertz CT molecular complexity index is 4200. The predicted octanol–water partition coefficient (Wildman–Crippen LogP) is -3.02. The van der Waals surface area contributed by atoms with E-state index >= 15 is 0 Å². The summed E-state index contributed by atoms with van der Waals surface area (Å²) in [5.41, 5.74) is 13.5. The van der Waals surface area contributed by atoms with Crippen LogP contribution >= 0.6 is 11.8 Å². The molecule has 0 radical (unpaired) electrons. The average Bonchev–Trinajstić information content (AvgIpc) is 1.66. The Kier molecular flexibility index (Phi) is 38.4. The first-order valence-corrected chi connectivity index (χ1v) is 39.6. The summed E-state index contributed by atoms with van der Waals surface area (Å²) in [4.78, 5) is 230. The van der Waals surface area contributed by atoms with Gasteiger partial charge in [-0.25, -0.2) is 4.98 Å². The number of thioether (sulfide) groups is 1. The molecule has 636 valence electrons. The SMILES string of the molecule is CSCC[C@H](NC(=O)C(CC(C)C)NC(=O)[C@H](Cc1c[nH]cn1)NC(=O)CNC(=O)[C@@H](NC(=O)C(C)NC(=O)[C@H](Cc1c[nH]c2ccccc12)NC(=O)C(CCC(N)=O)NC(=O)C(Cc1ccccc1)NC(=O)c1ccc(NC(=O)CNC(=O)CN2CCN(CC(=O)O)CCN(CC(=O)O)CCN(CC(=O)O)CC2)cc1)C(C)C)C(N)=O. The highest BCUT2D eigenvalue weighted by Crippen LogP contribution is 2.21. The zero-order valence-electron chi connectivity index (χ0n) is 66.2. The second kappa shape index (κ2) is 47.8. The molecule has 117 heavy (non-hydrogen) atoms. The molecule has 1 fully saturated rings. The van der Waals surface area contributed by atoms with Crippen molar-refractivity contribution in [2.24, 2.45) is 23.3 Å². The first-order chi connectivity index (χ1) is 55.6. The van der Waals surface area contributed by atoms with Crippen molar-refractivity contribution in [3.63, 3.8) is 0 Å². The van der Waals surface area contributed by atoms with E-state index in [-0.39, 0.29) is 128 Å². The number of amides is 13.